The molecular weight excluding hydrogens is 360 g/mol. The van der Waals surface area contributed by atoms with Gasteiger partial charge in [-0.05, 0) is 69.9 Å². The van der Waals surface area contributed by atoms with Crippen LogP contribution in [-0.2, 0) is 10.0 Å². The molecule has 150 valence electrons. The quantitative estimate of drug-likeness (QED) is 0.368. The van der Waals surface area contributed by atoms with E-state index in [9.17, 15) is 8.42 Å². The van der Waals surface area contributed by atoms with Crippen LogP contribution in [0, 0.1) is 0 Å². The average Bonchev–Trinajstić information content (AvgIpc) is 2.68. The molecule has 0 aliphatic rings. The lowest BCUT2D eigenvalue weighted by molar-refractivity contribution is 0.559. The molecule has 0 aliphatic carbocycles. The van der Waals surface area contributed by atoms with Gasteiger partial charge in [0.15, 0.2) is 0 Å². The monoisotopic (exact) mass is 392 g/mol. The second kappa shape index (κ2) is 12.0. The molecule has 0 heterocycles. The van der Waals surface area contributed by atoms with Crippen LogP contribution in [0.5, 0.6) is 0 Å². The van der Waals surface area contributed by atoms with E-state index in [0.717, 1.165) is 69.2 Å². The maximum atomic E-state index is 12.6. The maximum absolute atomic E-state index is 12.6. The van der Waals surface area contributed by atoms with E-state index in [1.165, 1.54) is 0 Å². The molecule has 2 aromatic carbocycles. The zero-order valence-electron chi connectivity index (χ0n) is 15.9. The summed E-state index contributed by atoms with van der Waals surface area (Å²) in [7, 11) is -3.49. The molecule has 0 bridgehead atoms. The number of unbranched alkanes of at least 4 members (excludes halogenated alkanes) is 1. The van der Waals surface area contributed by atoms with Gasteiger partial charge in [0.1, 0.15) is 0 Å². The minimum atomic E-state index is -3.49. The first-order valence-electron chi connectivity index (χ1n) is 9.74. The second-order valence-electron chi connectivity index (χ2n) is 6.58. The Balaban J connectivity index is 1.62. The molecule has 0 saturated heterocycles. The van der Waals surface area contributed by atoms with Crippen molar-refractivity contribution in [1.29, 1.82) is 0 Å². The Morgan fingerprint density at radius 3 is 2.11 bits per heavy atom. The van der Waals surface area contributed by atoms with Crippen LogP contribution < -0.4 is 21.1 Å². The van der Waals surface area contributed by atoms with Crippen LogP contribution >= 0.6 is 0 Å². The van der Waals surface area contributed by atoms with E-state index < -0.39 is 10.0 Å². The van der Waals surface area contributed by atoms with Gasteiger partial charge in [-0.2, -0.15) is 0 Å². The van der Waals surface area contributed by atoms with Crippen LogP contribution in [0.2, 0.25) is 0 Å². The van der Waals surface area contributed by atoms with E-state index in [4.69, 9.17) is 5.73 Å². The second-order valence-corrected chi connectivity index (χ2v) is 8.31. The highest BCUT2D eigenvalue weighted by Crippen LogP contribution is 2.22. The zero-order chi connectivity index (χ0) is 19.4. The van der Waals surface area contributed by atoms with Gasteiger partial charge in [0.2, 0.25) is 10.0 Å². The van der Waals surface area contributed by atoms with E-state index >= 15 is 0 Å². The van der Waals surface area contributed by atoms with Crippen molar-refractivity contribution in [3.05, 3.63) is 42.5 Å². The predicted octanol–water partition coefficient (Wildman–Crippen LogP) is 1.82. The standard InChI is InChI=1S/C20H32N4O2S/c21-12-6-15-22-13-3-4-14-23-16-7-17-24-27(25,26)20-11-5-9-18-8-1-2-10-19(18)20/h1-2,5,8-11,22-24H,3-4,6-7,12-17,21H2. The fraction of sp³-hybridized carbons (Fsp3) is 0.500. The largest absolute Gasteiger partial charge is 0.330 e. The first-order chi connectivity index (χ1) is 13.1. The van der Waals surface area contributed by atoms with Crippen LogP contribution in [-0.4, -0.2) is 47.7 Å². The van der Waals surface area contributed by atoms with Crippen molar-refractivity contribution in [2.24, 2.45) is 5.73 Å². The molecule has 0 radical (unpaired) electrons. The van der Waals surface area contributed by atoms with Crippen LogP contribution in [0.15, 0.2) is 47.4 Å². The number of benzene rings is 2. The Morgan fingerprint density at radius 2 is 1.37 bits per heavy atom. The third-order valence-corrected chi connectivity index (χ3v) is 5.90. The normalized spacial score (nSPS) is 11.9. The smallest absolute Gasteiger partial charge is 0.241 e. The molecule has 7 heteroatoms. The van der Waals surface area contributed by atoms with E-state index in [1.807, 2.05) is 30.3 Å². The van der Waals surface area contributed by atoms with Gasteiger partial charge in [-0.25, -0.2) is 13.1 Å². The highest BCUT2D eigenvalue weighted by atomic mass is 32.2. The first kappa shape index (κ1) is 21.8. The predicted molar refractivity (Wildman–Crippen MR) is 112 cm³/mol. The van der Waals surface area contributed by atoms with Crippen molar-refractivity contribution in [2.45, 2.75) is 30.6 Å². The number of fused-ring (bicyclic) bond motifs is 1. The third kappa shape index (κ3) is 7.56. The molecule has 0 unspecified atom stereocenters. The summed E-state index contributed by atoms with van der Waals surface area (Å²) >= 11 is 0. The van der Waals surface area contributed by atoms with Crippen LogP contribution in [0.25, 0.3) is 10.8 Å². The van der Waals surface area contributed by atoms with Crippen molar-refractivity contribution in [3.8, 4) is 0 Å². The van der Waals surface area contributed by atoms with Gasteiger partial charge in [-0.3, -0.25) is 0 Å². The summed E-state index contributed by atoms with van der Waals surface area (Å²) < 4.78 is 27.9. The fourth-order valence-corrected chi connectivity index (χ4v) is 4.21. The van der Waals surface area contributed by atoms with Crippen molar-refractivity contribution >= 4 is 20.8 Å². The summed E-state index contributed by atoms with van der Waals surface area (Å²) in [5.41, 5.74) is 5.44. The maximum Gasteiger partial charge on any atom is 0.241 e. The van der Waals surface area contributed by atoms with Crippen molar-refractivity contribution in [3.63, 3.8) is 0 Å². The summed E-state index contributed by atoms with van der Waals surface area (Å²) in [6, 6.07) is 12.9. The van der Waals surface area contributed by atoms with E-state index in [1.54, 1.807) is 12.1 Å². The highest BCUT2D eigenvalue weighted by Gasteiger charge is 2.16. The fourth-order valence-electron chi connectivity index (χ4n) is 2.90. The summed E-state index contributed by atoms with van der Waals surface area (Å²) in [6.45, 7) is 4.93. The van der Waals surface area contributed by atoms with Crippen LogP contribution in [0.1, 0.15) is 25.7 Å². The van der Waals surface area contributed by atoms with Gasteiger partial charge in [0.05, 0.1) is 4.90 Å². The summed E-state index contributed by atoms with van der Waals surface area (Å²) in [5.74, 6) is 0. The van der Waals surface area contributed by atoms with Crippen LogP contribution in [0.4, 0.5) is 0 Å². The lowest BCUT2D eigenvalue weighted by Gasteiger charge is -2.10. The molecule has 2 rings (SSSR count). The lowest BCUT2D eigenvalue weighted by Crippen LogP contribution is -2.28. The molecule has 0 fully saturated rings. The van der Waals surface area contributed by atoms with E-state index in [0.29, 0.717) is 11.4 Å². The van der Waals surface area contributed by atoms with Gasteiger partial charge in [0, 0.05) is 11.9 Å². The van der Waals surface area contributed by atoms with Gasteiger partial charge < -0.3 is 16.4 Å². The third-order valence-electron chi connectivity index (χ3n) is 4.38. The van der Waals surface area contributed by atoms with E-state index in [2.05, 4.69) is 15.4 Å². The molecule has 0 spiro atoms. The van der Waals surface area contributed by atoms with E-state index in [-0.39, 0.29) is 0 Å². The topological polar surface area (TPSA) is 96.2 Å². The minimum Gasteiger partial charge on any atom is -0.330 e. The van der Waals surface area contributed by atoms with Crippen molar-refractivity contribution < 1.29 is 8.42 Å². The SMILES string of the molecule is NCCCNCCCCNCCCNS(=O)(=O)c1cccc2ccccc12. The Morgan fingerprint density at radius 1 is 0.741 bits per heavy atom. The molecule has 6 nitrogen and oxygen atoms in total. The van der Waals surface area contributed by atoms with Gasteiger partial charge in [0.25, 0.3) is 0 Å². The van der Waals surface area contributed by atoms with Crippen molar-refractivity contribution in [1.82, 2.24) is 15.4 Å². The molecule has 2 aromatic rings. The Bertz CT molecular complexity index is 775. The van der Waals surface area contributed by atoms with Gasteiger partial charge >= 0.3 is 0 Å². The van der Waals surface area contributed by atoms with Gasteiger partial charge in [-0.15, -0.1) is 0 Å². The van der Waals surface area contributed by atoms with Crippen LogP contribution in [0.3, 0.4) is 0 Å². The Labute approximate surface area is 163 Å². The first-order valence-corrected chi connectivity index (χ1v) is 11.2. The zero-order valence-corrected chi connectivity index (χ0v) is 16.7. The summed E-state index contributed by atoms with van der Waals surface area (Å²) in [4.78, 5) is 0.343. The molecule has 27 heavy (non-hydrogen) atoms. The molecule has 0 aliphatic heterocycles. The van der Waals surface area contributed by atoms with Crippen molar-refractivity contribution in [2.75, 3.05) is 39.3 Å². The number of sulfonamides is 1. The lowest BCUT2D eigenvalue weighted by atomic mass is 10.1. The summed E-state index contributed by atoms with van der Waals surface area (Å²) in [5, 5.41) is 8.40. The molecule has 0 aromatic heterocycles. The number of nitrogens with one attached hydrogen (secondary N) is 3. The Kier molecular flexibility index (Phi) is 9.72. The van der Waals surface area contributed by atoms with Gasteiger partial charge in [-0.1, -0.05) is 36.4 Å². The minimum absolute atomic E-state index is 0.343. The number of rotatable bonds is 14. The molecule has 0 atom stereocenters. The molecular formula is C20H32N4O2S. The molecule has 0 saturated carbocycles. The average molecular weight is 393 g/mol. The number of hydrogen-bond donors (Lipinski definition) is 4. The number of nitrogens with two attached hydrogens (primary N) is 1. The highest BCUT2D eigenvalue weighted by molar-refractivity contribution is 7.89. The molecule has 0 amide bonds. The summed E-state index contributed by atoms with van der Waals surface area (Å²) in [6.07, 6.45) is 4.02. The molecule has 5 N–H and O–H groups in total. The number of hydrogen-bond acceptors (Lipinski definition) is 5. The Hall–Kier alpha value is -1.51.